The minimum absolute atomic E-state index is 0.0273. The molecule has 0 bridgehead atoms. The number of hydrogen-bond donors (Lipinski definition) is 4. The Kier molecular flexibility index (Phi) is 5.56. The number of aliphatic hydroxyl groups is 2. The Morgan fingerprint density at radius 1 is 1.05 bits per heavy atom. The standard InChI is InChI=1S/C14H25N2O5P/c1-8(2)7-22(21,13(19)11-9(17)3-5-15-11)14(20)12-10(18)4-6-16-12/h8-12,15-18H,3-7H2,1-2H3/t9?,10?,11-,12-,22?/m0/s1. The second kappa shape index (κ2) is 6.89. The average Bonchev–Trinajstić information content (AvgIpc) is 3.04. The van der Waals surface area contributed by atoms with Gasteiger partial charge in [-0.1, -0.05) is 13.8 Å². The number of hydrogen-bond acceptors (Lipinski definition) is 7. The first-order valence-electron chi connectivity index (χ1n) is 7.78. The van der Waals surface area contributed by atoms with Crippen LogP contribution in [0.15, 0.2) is 0 Å². The third-order valence-corrected chi connectivity index (χ3v) is 7.47. The van der Waals surface area contributed by atoms with E-state index in [1.807, 2.05) is 0 Å². The topological polar surface area (TPSA) is 116 Å². The Bertz CT molecular complexity index is 460. The van der Waals surface area contributed by atoms with Crippen LogP contribution in [-0.4, -0.2) is 64.8 Å². The maximum atomic E-state index is 13.3. The summed E-state index contributed by atoms with van der Waals surface area (Å²) in [4.78, 5) is 25.4. The molecule has 0 aromatic heterocycles. The Morgan fingerprint density at radius 2 is 1.45 bits per heavy atom. The number of nitrogens with one attached hydrogen (secondary N) is 2. The molecular weight excluding hydrogens is 307 g/mol. The van der Waals surface area contributed by atoms with Gasteiger partial charge in [-0.3, -0.25) is 9.59 Å². The van der Waals surface area contributed by atoms with Crippen LogP contribution in [-0.2, 0) is 14.2 Å². The predicted molar refractivity (Wildman–Crippen MR) is 82.2 cm³/mol. The van der Waals surface area contributed by atoms with E-state index < -0.39 is 42.5 Å². The second-order valence-electron chi connectivity index (χ2n) is 6.57. The maximum absolute atomic E-state index is 13.3. The molecule has 0 amide bonds. The number of aliphatic hydroxyl groups excluding tert-OH is 2. The summed E-state index contributed by atoms with van der Waals surface area (Å²) in [6.45, 7) is 4.50. The monoisotopic (exact) mass is 332 g/mol. The van der Waals surface area contributed by atoms with Gasteiger partial charge in [0.25, 0.3) is 0 Å². The lowest BCUT2D eigenvalue weighted by atomic mass is 10.2. The molecule has 7 nitrogen and oxygen atoms in total. The summed E-state index contributed by atoms with van der Waals surface area (Å²) in [5.41, 5.74) is -1.39. The zero-order valence-electron chi connectivity index (χ0n) is 13.0. The van der Waals surface area contributed by atoms with Crippen molar-refractivity contribution in [1.29, 1.82) is 0 Å². The first kappa shape index (κ1) is 17.8. The Hall–Kier alpha value is -0.590. The van der Waals surface area contributed by atoms with Crippen LogP contribution >= 0.6 is 7.14 Å². The molecule has 0 aliphatic carbocycles. The largest absolute Gasteiger partial charge is 0.391 e. The Labute approximate surface area is 130 Å². The van der Waals surface area contributed by atoms with Crippen LogP contribution in [0.1, 0.15) is 26.7 Å². The van der Waals surface area contributed by atoms with E-state index in [0.717, 1.165) is 0 Å². The minimum atomic E-state index is -3.85. The molecule has 2 fully saturated rings. The molecule has 2 unspecified atom stereocenters. The zero-order valence-corrected chi connectivity index (χ0v) is 13.9. The average molecular weight is 332 g/mol. The van der Waals surface area contributed by atoms with Crippen LogP contribution in [0, 0.1) is 5.92 Å². The summed E-state index contributed by atoms with van der Waals surface area (Å²) < 4.78 is 13.3. The quantitative estimate of drug-likeness (QED) is 0.485. The van der Waals surface area contributed by atoms with Crippen LogP contribution < -0.4 is 10.6 Å². The minimum Gasteiger partial charge on any atom is -0.391 e. The maximum Gasteiger partial charge on any atom is 0.218 e. The molecule has 2 saturated heterocycles. The van der Waals surface area contributed by atoms with Gasteiger partial charge >= 0.3 is 0 Å². The van der Waals surface area contributed by atoms with Gasteiger partial charge in [-0.2, -0.15) is 0 Å². The van der Waals surface area contributed by atoms with Crippen molar-refractivity contribution in [3.63, 3.8) is 0 Å². The summed E-state index contributed by atoms with van der Waals surface area (Å²) in [7, 11) is -3.85. The molecule has 0 radical (unpaired) electrons. The van der Waals surface area contributed by atoms with Crippen molar-refractivity contribution >= 4 is 18.2 Å². The lowest BCUT2D eigenvalue weighted by Crippen LogP contribution is -2.45. The molecule has 8 heteroatoms. The molecule has 22 heavy (non-hydrogen) atoms. The van der Waals surface area contributed by atoms with Crippen molar-refractivity contribution in [2.75, 3.05) is 19.3 Å². The molecule has 0 aromatic rings. The van der Waals surface area contributed by atoms with Crippen molar-refractivity contribution in [3.8, 4) is 0 Å². The van der Waals surface area contributed by atoms with E-state index in [9.17, 15) is 24.4 Å². The van der Waals surface area contributed by atoms with E-state index in [-0.39, 0.29) is 12.1 Å². The van der Waals surface area contributed by atoms with Gasteiger partial charge in [-0.25, -0.2) is 0 Å². The number of rotatable bonds is 6. The second-order valence-corrected chi connectivity index (χ2v) is 9.29. The van der Waals surface area contributed by atoms with Crippen LogP contribution in [0.3, 0.4) is 0 Å². The van der Waals surface area contributed by atoms with Crippen LogP contribution in [0.2, 0.25) is 0 Å². The van der Waals surface area contributed by atoms with Crippen molar-refractivity contribution in [2.24, 2.45) is 5.92 Å². The van der Waals surface area contributed by atoms with E-state index in [0.29, 0.717) is 25.9 Å². The molecule has 4 N–H and O–H groups in total. The smallest absolute Gasteiger partial charge is 0.218 e. The van der Waals surface area contributed by atoms with Crippen LogP contribution in [0.25, 0.3) is 0 Å². The fourth-order valence-electron chi connectivity index (χ4n) is 3.13. The van der Waals surface area contributed by atoms with Gasteiger partial charge in [0.15, 0.2) is 0 Å². The van der Waals surface area contributed by atoms with Crippen LogP contribution in [0.5, 0.6) is 0 Å². The fourth-order valence-corrected chi connectivity index (χ4v) is 6.17. The highest BCUT2D eigenvalue weighted by atomic mass is 31.2. The third kappa shape index (κ3) is 3.34. The van der Waals surface area contributed by atoms with E-state index in [1.54, 1.807) is 13.8 Å². The fraction of sp³-hybridized carbons (Fsp3) is 0.857. The molecular formula is C14H25N2O5P. The van der Waals surface area contributed by atoms with E-state index in [1.165, 1.54) is 0 Å². The first-order chi connectivity index (χ1) is 10.3. The Balaban J connectivity index is 2.28. The molecule has 2 heterocycles. The lowest BCUT2D eigenvalue weighted by molar-refractivity contribution is -0.118. The highest BCUT2D eigenvalue weighted by Crippen LogP contribution is 2.52. The summed E-state index contributed by atoms with van der Waals surface area (Å²) >= 11 is 0. The summed E-state index contributed by atoms with van der Waals surface area (Å²) in [6, 6.07) is -1.90. The highest BCUT2D eigenvalue weighted by molar-refractivity contribution is 7.94. The van der Waals surface area contributed by atoms with E-state index in [2.05, 4.69) is 10.6 Å². The lowest BCUT2D eigenvalue weighted by Gasteiger charge is -2.25. The van der Waals surface area contributed by atoms with E-state index in [4.69, 9.17) is 0 Å². The van der Waals surface area contributed by atoms with Crippen molar-refractivity contribution in [3.05, 3.63) is 0 Å². The summed E-state index contributed by atoms with van der Waals surface area (Å²) in [6.07, 6.45) is -1.06. The molecule has 0 aromatic carbocycles. The molecule has 2 rings (SSSR count). The van der Waals surface area contributed by atoms with E-state index >= 15 is 0 Å². The van der Waals surface area contributed by atoms with Gasteiger partial charge < -0.3 is 25.4 Å². The van der Waals surface area contributed by atoms with Crippen molar-refractivity contribution in [1.82, 2.24) is 10.6 Å². The van der Waals surface area contributed by atoms with Gasteiger partial charge in [-0.15, -0.1) is 0 Å². The number of carbonyl (C=O) groups is 2. The SMILES string of the molecule is CC(C)CP(=O)(C(=O)[C@H]1NCCC1O)C(=O)[C@H]1NCCC1O. The summed E-state index contributed by atoms with van der Waals surface area (Å²) in [5.74, 6) is -0.101. The molecule has 2 aliphatic rings. The van der Waals surface area contributed by atoms with Crippen LogP contribution in [0.4, 0.5) is 0 Å². The van der Waals surface area contributed by atoms with Gasteiger partial charge in [0, 0.05) is 6.16 Å². The van der Waals surface area contributed by atoms with Gasteiger partial charge in [0.1, 0.15) is 12.1 Å². The highest BCUT2D eigenvalue weighted by Gasteiger charge is 2.50. The normalized spacial score (nSPS) is 34.8. The number of carbonyl (C=O) groups excluding carboxylic acids is 2. The first-order valence-corrected chi connectivity index (χ1v) is 9.67. The zero-order chi connectivity index (χ0) is 16.5. The predicted octanol–water partition coefficient (Wildman–Crippen LogP) is -0.496. The molecule has 2 aliphatic heterocycles. The van der Waals surface area contributed by atoms with Crippen molar-refractivity contribution < 1.29 is 24.4 Å². The molecule has 0 spiro atoms. The molecule has 0 saturated carbocycles. The Morgan fingerprint density at radius 3 is 1.73 bits per heavy atom. The van der Waals surface area contributed by atoms with Gasteiger partial charge in [-0.05, 0) is 31.8 Å². The molecule has 126 valence electrons. The summed E-state index contributed by atoms with van der Waals surface area (Å²) in [5, 5.41) is 25.4. The van der Waals surface area contributed by atoms with Crippen molar-refractivity contribution in [2.45, 2.75) is 51.0 Å². The third-order valence-electron chi connectivity index (χ3n) is 4.24. The molecule has 4 atom stereocenters. The van der Waals surface area contributed by atoms with Gasteiger partial charge in [0.05, 0.1) is 12.2 Å². The van der Waals surface area contributed by atoms with Gasteiger partial charge in [0.2, 0.25) is 18.2 Å².